The van der Waals surface area contributed by atoms with Gasteiger partial charge in [-0.3, -0.25) is 9.59 Å². The lowest BCUT2D eigenvalue weighted by Gasteiger charge is -2.06. The minimum atomic E-state index is -0.715. The lowest BCUT2D eigenvalue weighted by Crippen LogP contribution is -2.20. The van der Waals surface area contributed by atoms with E-state index in [2.05, 4.69) is 5.32 Å². The van der Waals surface area contributed by atoms with Crippen LogP contribution >= 0.6 is 0 Å². The Labute approximate surface area is 126 Å². The Kier molecular flexibility index (Phi) is 4.57. The van der Waals surface area contributed by atoms with E-state index in [0.29, 0.717) is 17.0 Å². The van der Waals surface area contributed by atoms with Gasteiger partial charge in [0.1, 0.15) is 5.76 Å². The van der Waals surface area contributed by atoms with Crippen LogP contribution in [0.15, 0.2) is 40.8 Å². The first-order chi connectivity index (χ1) is 10.5. The van der Waals surface area contributed by atoms with Gasteiger partial charge in [-0.15, -0.1) is 0 Å². The van der Waals surface area contributed by atoms with E-state index in [1.54, 1.807) is 13.0 Å². The maximum atomic E-state index is 11.7. The van der Waals surface area contributed by atoms with Crippen molar-refractivity contribution in [1.82, 2.24) is 0 Å². The van der Waals surface area contributed by atoms with Crippen LogP contribution in [0.25, 0.3) is 0 Å². The summed E-state index contributed by atoms with van der Waals surface area (Å²) >= 11 is 0. The number of aryl methyl sites for hydroxylation is 1. The molecule has 0 saturated heterocycles. The molecule has 114 valence electrons. The molecular weight excluding hydrogens is 288 g/mol. The second kappa shape index (κ2) is 6.57. The van der Waals surface area contributed by atoms with Gasteiger partial charge in [-0.1, -0.05) is 0 Å². The fraction of sp³-hybridized carbons (Fsp3) is 0.133. The molecule has 22 heavy (non-hydrogen) atoms. The van der Waals surface area contributed by atoms with Crippen molar-refractivity contribution in [2.45, 2.75) is 6.92 Å². The summed E-state index contributed by atoms with van der Waals surface area (Å²) in [6, 6.07) is 9.10. The van der Waals surface area contributed by atoms with Crippen molar-refractivity contribution >= 4 is 23.5 Å². The molecule has 1 heterocycles. The van der Waals surface area contributed by atoms with Gasteiger partial charge in [0.15, 0.2) is 6.61 Å². The van der Waals surface area contributed by atoms with Crippen LogP contribution in [0.3, 0.4) is 0 Å². The minimum Gasteiger partial charge on any atom is -0.454 e. The third-order valence-electron chi connectivity index (χ3n) is 2.73. The zero-order valence-corrected chi connectivity index (χ0v) is 11.8. The molecule has 1 aromatic heterocycles. The first-order valence-electron chi connectivity index (χ1n) is 6.39. The van der Waals surface area contributed by atoms with Gasteiger partial charge in [0.25, 0.3) is 5.91 Å². The number of ether oxygens (including phenoxy) is 1. The zero-order chi connectivity index (χ0) is 16.1. The molecule has 1 aromatic carbocycles. The Morgan fingerprint density at radius 2 is 1.82 bits per heavy atom. The number of esters is 1. The summed E-state index contributed by atoms with van der Waals surface area (Å²) in [4.78, 5) is 34.2. The van der Waals surface area contributed by atoms with Gasteiger partial charge in [0.05, 0.1) is 0 Å². The maximum Gasteiger partial charge on any atom is 0.374 e. The Hall–Kier alpha value is -3.09. The molecule has 0 radical (unpaired) electrons. The highest BCUT2D eigenvalue weighted by atomic mass is 16.5. The average Bonchev–Trinajstić information content (AvgIpc) is 2.92. The number of carbonyl (C=O) groups is 3. The molecule has 0 unspecified atom stereocenters. The molecule has 2 rings (SSSR count). The topological polar surface area (TPSA) is 112 Å². The van der Waals surface area contributed by atoms with Gasteiger partial charge in [-0.25, -0.2) is 4.79 Å². The van der Waals surface area contributed by atoms with Crippen LogP contribution in [-0.4, -0.2) is 24.4 Å². The predicted molar refractivity (Wildman–Crippen MR) is 77.3 cm³/mol. The van der Waals surface area contributed by atoms with E-state index in [1.807, 2.05) is 0 Å². The average molecular weight is 302 g/mol. The number of hydrogen-bond donors (Lipinski definition) is 2. The molecule has 0 atom stereocenters. The summed E-state index contributed by atoms with van der Waals surface area (Å²) in [5, 5.41) is 2.52. The molecular formula is C15H14N2O5. The first kappa shape index (κ1) is 15.3. The Bertz CT molecular complexity index is 703. The van der Waals surface area contributed by atoms with Crippen LogP contribution in [0.4, 0.5) is 5.69 Å². The van der Waals surface area contributed by atoms with E-state index < -0.39 is 24.4 Å². The Balaban J connectivity index is 1.85. The highest BCUT2D eigenvalue weighted by molar-refractivity contribution is 5.96. The molecule has 0 spiro atoms. The van der Waals surface area contributed by atoms with Gasteiger partial charge < -0.3 is 20.2 Å². The van der Waals surface area contributed by atoms with Gasteiger partial charge >= 0.3 is 5.97 Å². The van der Waals surface area contributed by atoms with E-state index in [1.165, 1.54) is 30.3 Å². The number of amides is 2. The molecule has 0 bridgehead atoms. The number of anilines is 1. The Morgan fingerprint density at radius 3 is 2.36 bits per heavy atom. The second-order valence-corrected chi connectivity index (χ2v) is 4.48. The van der Waals surface area contributed by atoms with Gasteiger partial charge in [-0.05, 0) is 43.3 Å². The van der Waals surface area contributed by atoms with E-state index in [4.69, 9.17) is 14.9 Å². The van der Waals surface area contributed by atoms with Crippen molar-refractivity contribution in [3.8, 4) is 0 Å². The van der Waals surface area contributed by atoms with Crippen molar-refractivity contribution < 1.29 is 23.5 Å². The van der Waals surface area contributed by atoms with Gasteiger partial charge in [0.2, 0.25) is 11.7 Å². The quantitative estimate of drug-likeness (QED) is 0.812. The molecule has 7 nitrogen and oxygen atoms in total. The minimum absolute atomic E-state index is 0.0381. The summed E-state index contributed by atoms with van der Waals surface area (Å²) in [6.45, 7) is 1.25. The molecule has 0 aliphatic rings. The molecule has 0 fully saturated rings. The molecule has 2 aromatic rings. The highest BCUT2D eigenvalue weighted by Gasteiger charge is 2.13. The number of primary amides is 1. The third-order valence-corrected chi connectivity index (χ3v) is 2.73. The third kappa shape index (κ3) is 3.95. The number of nitrogens with one attached hydrogen (secondary N) is 1. The summed E-state index contributed by atoms with van der Waals surface area (Å²) in [7, 11) is 0. The van der Waals surface area contributed by atoms with Gasteiger partial charge in [0, 0.05) is 11.3 Å². The standard InChI is InChI=1S/C15H14N2O5/c1-9-2-7-12(22-9)15(20)21-8-13(18)17-11-5-3-10(4-6-11)14(16)19/h2-7H,8H2,1H3,(H2,16,19)(H,17,18). The van der Waals surface area contributed by atoms with Crippen LogP contribution in [0.2, 0.25) is 0 Å². The summed E-state index contributed by atoms with van der Waals surface area (Å²) in [5.74, 6) is -1.17. The summed E-state index contributed by atoms with van der Waals surface area (Å²) in [6.07, 6.45) is 0. The fourth-order valence-corrected chi connectivity index (χ4v) is 1.66. The number of benzene rings is 1. The van der Waals surface area contributed by atoms with Gasteiger partial charge in [-0.2, -0.15) is 0 Å². The smallest absolute Gasteiger partial charge is 0.374 e. The maximum absolute atomic E-state index is 11.7. The van der Waals surface area contributed by atoms with Crippen molar-refractivity contribution in [1.29, 1.82) is 0 Å². The fourth-order valence-electron chi connectivity index (χ4n) is 1.66. The number of rotatable bonds is 5. The lowest BCUT2D eigenvalue weighted by atomic mass is 10.2. The normalized spacial score (nSPS) is 10.0. The SMILES string of the molecule is Cc1ccc(C(=O)OCC(=O)Nc2ccc(C(N)=O)cc2)o1. The molecule has 7 heteroatoms. The van der Waals surface area contributed by atoms with Crippen molar-refractivity contribution in [2.75, 3.05) is 11.9 Å². The van der Waals surface area contributed by atoms with E-state index in [9.17, 15) is 14.4 Å². The van der Waals surface area contributed by atoms with Crippen LogP contribution in [0.1, 0.15) is 26.7 Å². The van der Waals surface area contributed by atoms with E-state index in [0.717, 1.165) is 0 Å². The van der Waals surface area contributed by atoms with Crippen LogP contribution in [0, 0.1) is 6.92 Å². The van der Waals surface area contributed by atoms with E-state index in [-0.39, 0.29) is 5.76 Å². The molecule has 0 aliphatic carbocycles. The highest BCUT2D eigenvalue weighted by Crippen LogP contribution is 2.10. The van der Waals surface area contributed by atoms with Crippen LogP contribution in [0.5, 0.6) is 0 Å². The first-order valence-corrected chi connectivity index (χ1v) is 6.39. The molecule has 3 N–H and O–H groups in total. The number of hydrogen-bond acceptors (Lipinski definition) is 5. The lowest BCUT2D eigenvalue weighted by molar-refractivity contribution is -0.119. The Morgan fingerprint density at radius 1 is 1.14 bits per heavy atom. The second-order valence-electron chi connectivity index (χ2n) is 4.48. The molecule has 2 amide bonds. The van der Waals surface area contributed by atoms with Crippen molar-refractivity contribution in [3.05, 3.63) is 53.5 Å². The number of carbonyl (C=O) groups excluding carboxylic acids is 3. The number of furan rings is 1. The summed E-state index contributed by atoms with van der Waals surface area (Å²) in [5.41, 5.74) is 5.90. The van der Waals surface area contributed by atoms with Crippen molar-refractivity contribution in [3.63, 3.8) is 0 Å². The largest absolute Gasteiger partial charge is 0.454 e. The summed E-state index contributed by atoms with van der Waals surface area (Å²) < 4.78 is 9.90. The monoisotopic (exact) mass is 302 g/mol. The molecule has 0 aliphatic heterocycles. The molecule has 0 saturated carbocycles. The van der Waals surface area contributed by atoms with Crippen LogP contribution in [-0.2, 0) is 9.53 Å². The van der Waals surface area contributed by atoms with Crippen LogP contribution < -0.4 is 11.1 Å². The zero-order valence-electron chi connectivity index (χ0n) is 11.8. The predicted octanol–water partition coefficient (Wildman–Crippen LogP) is 1.48. The van der Waals surface area contributed by atoms with E-state index >= 15 is 0 Å². The van der Waals surface area contributed by atoms with Crippen molar-refractivity contribution in [2.24, 2.45) is 5.73 Å². The number of nitrogens with two attached hydrogens (primary N) is 1.